The topological polar surface area (TPSA) is 41.1 Å². The van der Waals surface area contributed by atoms with E-state index in [-0.39, 0.29) is 5.41 Å². The normalized spacial score (nSPS) is 29.6. The lowest BCUT2D eigenvalue weighted by molar-refractivity contribution is -0.132. The van der Waals surface area contributed by atoms with Crippen LogP contribution in [-0.2, 0) is 4.79 Å². The zero-order valence-corrected chi connectivity index (χ0v) is 13.5. The average molecular weight is 280 g/mol. The molecule has 20 heavy (non-hydrogen) atoms. The zero-order chi connectivity index (χ0) is 14.6. The van der Waals surface area contributed by atoms with E-state index < -0.39 is 0 Å². The van der Waals surface area contributed by atoms with Gasteiger partial charge in [-0.2, -0.15) is 0 Å². The standard InChI is InChI=1S/C17H32N2O/c1-13(2)11-17(8-4-5-9-17)16(20)19-12-15-14(3)7-6-10-18-15/h13-15,18H,4-12H2,1-3H3,(H,19,20). The first-order chi connectivity index (χ1) is 9.53. The summed E-state index contributed by atoms with van der Waals surface area (Å²) in [5, 5.41) is 6.82. The summed E-state index contributed by atoms with van der Waals surface area (Å²) in [4.78, 5) is 12.7. The number of carbonyl (C=O) groups is 1. The van der Waals surface area contributed by atoms with E-state index in [0.717, 1.165) is 32.4 Å². The monoisotopic (exact) mass is 280 g/mol. The highest BCUT2D eigenvalue weighted by molar-refractivity contribution is 5.83. The fourth-order valence-electron chi connectivity index (χ4n) is 4.13. The zero-order valence-electron chi connectivity index (χ0n) is 13.5. The van der Waals surface area contributed by atoms with E-state index in [1.165, 1.54) is 25.7 Å². The van der Waals surface area contributed by atoms with Gasteiger partial charge in [-0.05, 0) is 50.5 Å². The number of nitrogens with one attached hydrogen (secondary N) is 2. The number of carbonyl (C=O) groups excluding carboxylic acids is 1. The number of rotatable bonds is 5. The first-order valence-electron chi connectivity index (χ1n) is 8.55. The van der Waals surface area contributed by atoms with Gasteiger partial charge in [0.15, 0.2) is 0 Å². The summed E-state index contributed by atoms with van der Waals surface area (Å²) in [6, 6.07) is 0.463. The van der Waals surface area contributed by atoms with Crippen LogP contribution in [0.2, 0.25) is 0 Å². The van der Waals surface area contributed by atoms with Crippen molar-refractivity contribution in [3.8, 4) is 0 Å². The maximum Gasteiger partial charge on any atom is 0.226 e. The van der Waals surface area contributed by atoms with E-state index in [4.69, 9.17) is 0 Å². The third-order valence-corrected chi connectivity index (χ3v) is 5.25. The molecule has 0 bridgehead atoms. The van der Waals surface area contributed by atoms with Crippen molar-refractivity contribution in [2.45, 2.75) is 71.8 Å². The van der Waals surface area contributed by atoms with Gasteiger partial charge in [-0.3, -0.25) is 4.79 Å². The van der Waals surface area contributed by atoms with Gasteiger partial charge in [0.25, 0.3) is 0 Å². The molecule has 0 spiro atoms. The molecule has 2 N–H and O–H groups in total. The van der Waals surface area contributed by atoms with Crippen molar-refractivity contribution in [3.05, 3.63) is 0 Å². The predicted octanol–water partition coefficient (Wildman–Crippen LogP) is 3.10. The lowest BCUT2D eigenvalue weighted by atomic mass is 9.77. The largest absolute Gasteiger partial charge is 0.354 e. The van der Waals surface area contributed by atoms with E-state index in [2.05, 4.69) is 31.4 Å². The Balaban J connectivity index is 1.88. The van der Waals surface area contributed by atoms with Gasteiger partial charge >= 0.3 is 0 Å². The van der Waals surface area contributed by atoms with Crippen LogP contribution in [0.1, 0.15) is 65.7 Å². The Bertz CT molecular complexity index is 321. The third kappa shape index (κ3) is 3.75. The minimum atomic E-state index is -0.0634. The van der Waals surface area contributed by atoms with Crippen molar-refractivity contribution in [1.29, 1.82) is 0 Å². The molecule has 0 radical (unpaired) electrons. The summed E-state index contributed by atoms with van der Waals surface area (Å²) in [6.45, 7) is 8.67. The number of hydrogen-bond acceptors (Lipinski definition) is 2. The molecule has 2 unspecified atom stereocenters. The van der Waals surface area contributed by atoms with Crippen molar-refractivity contribution in [1.82, 2.24) is 10.6 Å². The Hall–Kier alpha value is -0.570. The first kappa shape index (κ1) is 15.8. The van der Waals surface area contributed by atoms with Crippen molar-refractivity contribution in [3.63, 3.8) is 0 Å². The highest BCUT2D eigenvalue weighted by Gasteiger charge is 2.41. The Morgan fingerprint density at radius 3 is 2.60 bits per heavy atom. The summed E-state index contributed by atoms with van der Waals surface area (Å²) in [5.74, 6) is 1.60. The summed E-state index contributed by atoms with van der Waals surface area (Å²) in [6.07, 6.45) is 8.21. The molecule has 1 amide bonds. The van der Waals surface area contributed by atoms with E-state index >= 15 is 0 Å². The van der Waals surface area contributed by atoms with Gasteiger partial charge in [0.05, 0.1) is 0 Å². The summed E-state index contributed by atoms with van der Waals surface area (Å²) in [7, 11) is 0. The molecule has 3 nitrogen and oxygen atoms in total. The molecule has 1 aliphatic carbocycles. The molecule has 1 saturated carbocycles. The molecule has 0 aromatic rings. The van der Waals surface area contributed by atoms with Gasteiger partial charge in [-0.15, -0.1) is 0 Å². The number of piperidine rings is 1. The van der Waals surface area contributed by atoms with E-state index in [1.807, 2.05) is 0 Å². The lowest BCUT2D eigenvalue weighted by Crippen LogP contribution is -2.50. The maximum absolute atomic E-state index is 12.7. The molecule has 2 atom stereocenters. The molecule has 2 fully saturated rings. The molecule has 2 aliphatic rings. The van der Waals surface area contributed by atoms with Crippen LogP contribution in [0.4, 0.5) is 0 Å². The Kier molecular flexibility index (Phi) is 5.48. The highest BCUT2D eigenvalue weighted by Crippen LogP contribution is 2.43. The van der Waals surface area contributed by atoms with Crippen LogP contribution in [0.3, 0.4) is 0 Å². The van der Waals surface area contributed by atoms with Crippen molar-refractivity contribution < 1.29 is 4.79 Å². The molecule has 1 saturated heterocycles. The molecule has 1 aliphatic heterocycles. The molecule has 1 heterocycles. The average Bonchev–Trinajstić information content (AvgIpc) is 2.86. The van der Waals surface area contributed by atoms with Crippen LogP contribution < -0.4 is 10.6 Å². The fourth-order valence-corrected chi connectivity index (χ4v) is 4.13. The quantitative estimate of drug-likeness (QED) is 0.812. The maximum atomic E-state index is 12.7. The number of amides is 1. The van der Waals surface area contributed by atoms with Crippen molar-refractivity contribution >= 4 is 5.91 Å². The van der Waals surface area contributed by atoms with Crippen molar-refractivity contribution in [2.24, 2.45) is 17.3 Å². The second-order valence-corrected chi connectivity index (χ2v) is 7.48. The van der Waals surface area contributed by atoms with Crippen LogP contribution in [-0.4, -0.2) is 25.0 Å². The smallest absolute Gasteiger partial charge is 0.226 e. The van der Waals surface area contributed by atoms with Crippen LogP contribution in [0.15, 0.2) is 0 Å². The predicted molar refractivity (Wildman–Crippen MR) is 83.6 cm³/mol. The van der Waals surface area contributed by atoms with Gasteiger partial charge in [0.1, 0.15) is 0 Å². The molecule has 3 heteroatoms. The van der Waals surface area contributed by atoms with Gasteiger partial charge in [-0.25, -0.2) is 0 Å². The van der Waals surface area contributed by atoms with Gasteiger partial charge in [0.2, 0.25) is 5.91 Å². The van der Waals surface area contributed by atoms with Crippen LogP contribution in [0, 0.1) is 17.3 Å². The molecule has 0 aromatic carbocycles. The minimum Gasteiger partial charge on any atom is -0.354 e. The molecule has 0 aromatic heterocycles. The summed E-state index contributed by atoms with van der Waals surface area (Å²) < 4.78 is 0. The fraction of sp³-hybridized carbons (Fsp3) is 0.941. The highest BCUT2D eigenvalue weighted by atomic mass is 16.2. The van der Waals surface area contributed by atoms with E-state index in [9.17, 15) is 4.79 Å². The van der Waals surface area contributed by atoms with Crippen LogP contribution in [0.25, 0.3) is 0 Å². The molecule has 2 rings (SSSR count). The molecule has 116 valence electrons. The molecular formula is C17H32N2O. The molecular weight excluding hydrogens is 248 g/mol. The Morgan fingerprint density at radius 1 is 1.30 bits per heavy atom. The van der Waals surface area contributed by atoms with Crippen molar-refractivity contribution in [2.75, 3.05) is 13.1 Å². The SMILES string of the molecule is CC(C)CC1(C(=O)NCC2NCCCC2C)CCCC1. The third-order valence-electron chi connectivity index (χ3n) is 5.25. The van der Waals surface area contributed by atoms with Gasteiger partial charge in [-0.1, -0.05) is 33.6 Å². The van der Waals surface area contributed by atoms with Crippen LogP contribution in [0.5, 0.6) is 0 Å². The Morgan fingerprint density at radius 2 is 2.00 bits per heavy atom. The van der Waals surface area contributed by atoms with Gasteiger partial charge < -0.3 is 10.6 Å². The van der Waals surface area contributed by atoms with Gasteiger partial charge in [0, 0.05) is 18.0 Å². The van der Waals surface area contributed by atoms with E-state index in [0.29, 0.717) is 23.8 Å². The van der Waals surface area contributed by atoms with Crippen LogP contribution >= 0.6 is 0 Å². The first-order valence-corrected chi connectivity index (χ1v) is 8.55. The Labute approximate surface area is 124 Å². The number of hydrogen-bond donors (Lipinski definition) is 2. The summed E-state index contributed by atoms with van der Waals surface area (Å²) >= 11 is 0. The lowest BCUT2D eigenvalue weighted by Gasteiger charge is -2.33. The minimum absolute atomic E-state index is 0.0634. The summed E-state index contributed by atoms with van der Waals surface area (Å²) in [5.41, 5.74) is -0.0634. The second kappa shape index (κ2) is 6.93. The van der Waals surface area contributed by atoms with E-state index in [1.54, 1.807) is 0 Å². The second-order valence-electron chi connectivity index (χ2n) is 7.48.